The van der Waals surface area contributed by atoms with E-state index < -0.39 is 0 Å². The van der Waals surface area contributed by atoms with E-state index in [4.69, 9.17) is 4.74 Å². The molecule has 1 aliphatic carbocycles. The molecular formula is C15H17N3O. The normalized spacial score (nSPS) is 17.6. The van der Waals surface area contributed by atoms with E-state index in [1.165, 1.54) is 17.5 Å². The van der Waals surface area contributed by atoms with E-state index in [1.54, 1.807) is 19.5 Å². The lowest BCUT2D eigenvalue weighted by Crippen LogP contribution is -2.18. The molecule has 1 aliphatic rings. The van der Waals surface area contributed by atoms with Crippen LogP contribution in [0.1, 0.15) is 30.0 Å². The summed E-state index contributed by atoms with van der Waals surface area (Å²) in [6, 6.07) is 8.89. The van der Waals surface area contributed by atoms with Gasteiger partial charge < -0.3 is 10.1 Å². The lowest BCUT2D eigenvalue weighted by atomic mass is 9.88. The van der Waals surface area contributed by atoms with Gasteiger partial charge in [0.25, 0.3) is 0 Å². The molecule has 1 atom stereocenters. The fourth-order valence-corrected chi connectivity index (χ4v) is 2.56. The number of nitrogens with zero attached hydrogens (tertiary/aromatic N) is 2. The molecule has 0 radical (unpaired) electrons. The van der Waals surface area contributed by atoms with Crippen LogP contribution in [-0.4, -0.2) is 17.1 Å². The van der Waals surface area contributed by atoms with Crippen molar-refractivity contribution in [1.82, 2.24) is 9.97 Å². The lowest BCUT2D eigenvalue weighted by Gasteiger charge is -2.26. The number of aromatic nitrogens is 2. The molecule has 0 amide bonds. The highest BCUT2D eigenvalue weighted by Gasteiger charge is 2.20. The maximum Gasteiger partial charge on any atom is 0.223 e. The SMILES string of the molecule is COc1cnc(NC2CCCc3ccccc32)nc1. The zero-order valence-electron chi connectivity index (χ0n) is 11.0. The van der Waals surface area contributed by atoms with Gasteiger partial charge in [0.15, 0.2) is 5.75 Å². The highest BCUT2D eigenvalue weighted by atomic mass is 16.5. The summed E-state index contributed by atoms with van der Waals surface area (Å²) in [5, 5.41) is 3.41. The first-order chi connectivity index (χ1) is 9.36. The van der Waals surface area contributed by atoms with E-state index >= 15 is 0 Å². The fourth-order valence-electron chi connectivity index (χ4n) is 2.56. The van der Waals surface area contributed by atoms with Gasteiger partial charge in [0, 0.05) is 0 Å². The Morgan fingerprint density at radius 1 is 1.21 bits per heavy atom. The molecule has 0 saturated heterocycles. The number of anilines is 1. The molecule has 1 aromatic heterocycles. The second-order valence-corrected chi connectivity index (χ2v) is 4.73. The highest BCUT2D eigenvalue weighted by molar-refractivity contribution is 5.38. The number of nitrogens with one attached hydrogen (secondary N) is 1. The third-order valence-electron chi connectivity index (χ3n) is 3.54. The zero-order valence-corrected chi connectivity index (χ0v) is 11.0. The number of benzene rings is 1. The maximum atomic E-state index is 5.06. The van der Waals surface area contributed by atoms with Crippen molar-refractivity contribution in [2.75, 3.05) is 12.4 Å². The summed E-state index contributed by atoms with van der Waals surface area (Å²) < 4.78 is 5.06. The summed E-state index contributed by atoms with van der Waals surface area (Å²) in [6.07, 6.45) is 6.85. The Bertz CT molecular complexity index is 554. The van der Waals surface area contributed by atoms with Crippen LogP contribution in [0.4, 0.5) is 5.95 Å². The largest absolute Gasteiger partial charge is 0.494 e. The fraction of sp³-hybridized carbons (Fsp3) is 0.333. The van der Waals surface area contributed by atoms with E-state index in [1.807, 2.05) is 0 Å². The molecule has 0 fully saturated rings. The summed E-state index contributed by atoms with van der Waals surface area (Å²) in [7, 11) is 1.61. The van der Waals surface area contributed by atoms with Crippen LogP contribution in [0.5, 0.6) is 5.75 Å². The second kappa shape index (κ2) is 5.26. The quantitative estimate of drug-likeness (QED) is 0.916. The minimum atomic E-state index is 0.304. The predicted octanol–water partition coefficient (Wildman–Crippen LogP) is 2.97. The van der Waals surface area contributed by atoms with Crippen LogP contribution in [0, 0.1) is 0 Å². The van der Waals surface area contributed by atoms with Crippen LogP contribution in [0.25, 0.3) is 0 Å². The summed E-state index contributed by atoms with van der Waals surface area (Å²) >= 11 is 0. The molecular weight excluding hydrogens is 238 g/mol. The van der Waals surface area contributed by atoms with E-state index in [-0.39, 0.29) is 0 Å². The first kappa shape index (κ1) is 12.0. The molecule has 0 bridgehead atoms. The van der Waals surface area contributed by atoms with Crippen molar-refractivity contribution in [3.63, 3.8) is 0 Å². The molecule has 4 heteroatoms. The van der Waals surface area contributed by atoms with Crippen molar-refractivity contribution in [1.29, 1.82) is 0 Å². The smallest absolute Gasteiger partial charge is 0.223 e. The van der Waals surface area contributed by atoms with Gasteiger partial charge in [0.05, 0.1) is 25.5 Å². The van der Waals surface area contributed by atoms with E-state index in [9.17, 15) is 0 Å². The molecule has 1 heterocycles. The number of hydrogen-bond donors (Lipinski definition) is 1. The van der Waals surface area contributed by atoms with Crippen molar-refractivity contribution in [2.45, 2.75) is 25.3 Å². The third-order valence-corrected chi connectivity index (χ3v) is 3.54. The summed E-state index contributed by atoms with van der Waals surface area (Å²) in [5.41, 5.74) is 2.80. The van der Waals surface area contributed by atoms with Gasteiger partial charge in [-0.25, -0.2) is 9.97 Å². The number of aryl methyl sites for hydroxylation is 1. The minimum absolute atomic E-state index is 0.304. The third kappa shape index (κ3) is 2.52. The number of rotatable bonds is 3. The molecule has 2 aromatic rings. The monoisotopic (exact) mass is 255 g/mol. The highest BCUT2D eigenvalue weighted by Crippen LogP contribution is 2.31. The van der Waals surface area contributed by atoms with Gasteiger partial charge >= 0.3 is 0 Å². The number of methoxy groups -OCH3 is 1. The molecule has 3 rings (SSSR count). The Morgan fingerprint density at radius 2 is 2.00 bits per heavy atom. The Kier molecular flexibility index (Phi) is 3.31. The molecule has 0 saturated carbocycles. The molecule has 4 nitrogen and oxygen atoms in total. The molecule has 19 heavy (non-hydrogen) atoms. The molecule has 1 N–H and O–H groups in total. The van der Waals surface area contributed by atoms with Crippen molar-refractivity contribution >= 4 is 5.95 Å². The molecule has 0 aliphatic heterocycles. The molecule has 1 unspecified atom stereocenters. The van der Waals surface area contributed by atoms with Crippen LogP contribution in [0.15, 0.2) is 36.7 Å². The number of fused-ring (bicyclic) bond motifs is 1. The average molecular weight is 255 g/mol. The number of ether oxygens (including phenoxy) is 1. The maximum absolute atomic E-state index is 5.06. The van der Waals surface area contributed by atoms with Gasteiger partial charge in [0.1, 0.15) is 0 Å². The molecule has 0 spiro atoms. The van der Waals surface area contributed by atoms with Crippen molar-refractivity contribution in [3.05, 3.63) is 47.8 Å². The van der Waals surface area contributed by atoms with Gasteiger partial charge in [-0.3, -0.25) is 0 Å². The summed E-state index contributed by atoms with van der Waals surface area (Å²) in [5.74, 6) is 1.33. The van der Waals surface area contributed by atoms with Gasteiger partial charge in [-0.2, -0.15) is 0 Å². The van der Waals surface area contributed by atoms with Crippen LogP contribution in [0.3, 0.4) is 0 Å². The summed E-state index contributed by atoms with van der Waals surface area (Å²) in [4.78, 5) is 8.54. The van der Waals surface area contributed by atoms with Gasteiger partial charge in [0.2, 0.25) is 5.95 Å². The van der Waals surface area contributed by atoms with Gasteiger partial charge in [-0.1, -0.05) is 24.3 Å². The molecule has 98 valence electrons. The van der Waals surface area contributed by atoms with E-state index in [0.717, 1.165) is 12.8 Å². The topological polar surface area (TPSA) is 47.0 Å². The average Bonchev–Trinajstić information content (AvgIpc) is 2.48. The first-order valence-corrected chi connectivity index (χ1v) is 6.57. The Hall–Kier alpha value is -2.10. The van der Waals surface area contributed by atoms with Crippen LogP contribution >= 0.6 is 0 Å². The summed E-state index contributed by atoms with van der Waals surface area (Å²) in [6.45, 7) is 0. The molecule has 1 aromatic carbocycles. The Labute approximate surface area is 112 Å². The Morgan fingerprint density at radius 3 is 2.79 bits per heavy atom. The van der Waals surface area contributed by atoms with Gasteiger partial charge in [-0.15, -0.1) is 0 Å². The van der Waals surface area contributed by atoms with Crippen LogP contribution < -0.4 is 10.1 Å². The van der Waals surface area contributed by atoms with Crippen LogP contribution in [0.2, 0.25) is 0 Å². The van der Waals surface area contributed by atoms with Crippen molar-refractivity contribution in [2.24, 2.45) is 0 Å². The lowest BCUT2D eigenvalue weighted by molar-refractivity contribution is 0.411. The number of hydrogen-bond acceptors (Lipinski definition) is 4. The predicted molar refractivity (Wildman–Crippen MR) is 74.3 cm³/mol. The van der Waals surface area contributed by atoms with Crippen molar-refractivity contribution < 1.29 is 4.74 Å². The van der Waals surface area contributed by atoms with Crippen LogP contribution in [-0.2, 0) is 6.42 Å². The standard InChI is InChI=1S/C15H17N3O/c1-19-12-9-16-15(17-10-12)18-14-8-4-6-11-5-2-3-7-13(11)14/h2-3,5,7,9-10,14H,4,6,8H2,1H3,(H,16,17,18). The van der Waals surface area contributed by atoms with E-state index in [0.29, 0.717) is 17.7 Å². The van der Waals surface area contributed by atoms with E-state index in [2.05, 4.69) is 39.6 Å². The first-order valence-electron chi connectivity index (χ1n) is 6.57. The second-order valence-electron chi connectivity index (χ2n) is 4.73. The van der Waals surface area contributed by atoms with Crippen molar-refractivity contribution in [3.8, 4) is 5.75 Å². The van der Waals surface area contributed by atoms with Gasteiger partial charge in [-0.05, 0) is 30.4 Å². The minimum Gasteiger partial charge on any atom is -0.494 e. The Balaban J connectivity index is 1.80. The zero-order chi connectivity index (χ0) is 13.1.